The first-order valence-electron chi connectivity index (χ1n) is 27.5. The molecule has 0 aromatic carbocycles. The van der Waals surface area contributed by atoms with Gasteiger partial charge in [-0.25, -0.2) is 4.57 Å². The molecule has 0 aromatic heterocycles. The molecule has 0 fully saturated rings. The maximum absolute atomic E-state index is 12.9. The number of hydrogen-bond acceptors (Lipinski definition) is 10. The SMILES string of the molecule is CC/C=C\C/C=C\C/C=C\C/C=C\CCCCC(=O)OC(COC(=O)CCCCCCCCC/C=C\C/C=C\CCCCC)COP(=O)(O)OCC(CO)OC(=O)CCCCCCC/C=C\CCCC. The number of phosphoric acid groups is 1. The van der Waals surface area contributed by atoms with Gasteiger partial charge in [-0.15, -0.1) is 0 Å². The number of unbranched alkanes of at least 4 members (excludes halogenated alkanes) is 19. The predicted molar refractivity (Wildman–Crippen MR) is 288 cm³/mol. The van der Waals surface area contributed by atoms with Gasteiger partial charge in [0.05, 0.1) is 19.8 Å². The molecule has 3 atom stereocenters. The van der Waals surface area contributed by atoms with E-state index in [4.69, 9.17) is 23.3 Å². The summed E-state index contributed by atoms with van der Waals surface area (Å²) in [4.78, 5) is 48.4. The van der Waals surface area contributed by atoms with Gasteiger partial charge in [0.25, 0.3) is 0 Å². The summed E-state index contributed by atoms with van der Waals surface area (Å²) < 4.78 is 39.4. The summed E-state index contributed by atoms with van der Waals surface area (Å²) in [5, 5.41) is 9.77. The Morgan fingerprint density at radius 3 is 1.23 bits per heavy atom. The van der Waals surface area contributed by atoms with Crippen LogP contribution >= 0.6 is 7.82 Å². The lowest BCUT2D eigenvalue weighted by Crippen LogP contribution is -2.30. The molecule has 0 aliphatic heterocycles. The Labute approximate surface area is 426 Å². The summed E-state index contributed by atoms with van der Waals surface area (Å²) in [6.45, 7) is 4.39. The van der Waals surface area contributed by atoms with Gasteiger partial charge < -0.3 is 24.2 Å². The highest BCUT2D eigenvalue weighted by molar-refractivity contribution is 7.47. The summed E-state index contributed by atoms with van der Waals surface area (Å²) in [5.74, 6) is -1.54. The van der Waals surface area contributed by atoms with E-state index in [1.807, 2.05) is 0 Å². The third kappa shape index (κ3) is 49.6. The number of ether oxygens (including phenoxy) is 3. The monoisotopic (exact) mass is 1000 g/mol. The second-order valence-corrected chi connectivity index (χ2v) is 19.5. The number of aliphatic hydroxyl groups is 1. The molecule has 3 unspecified atom stereocenters. The Kier molecular flexibility index (Phi) is 49.5. The summed E-state index contributed by atoms with van der Waals surface area (Å²) in [6.07, 6.45) is 58.4. The fourth-order valence-electron chi connectivity index (χ4n) is 7.06. The second-order valence-electron chi connectivity index (χ2n) is 18.0. The summed E-state index contributed by atoms with van der Waals surface area (Å²) in [6, 6.07) is 0. The molecular weight excluding hydrogens is 904 g/mol. The number of carbonyl (C=O) groups is 3. The van der Waals surface area contributed by atoms with Crippen LogP contribution < -0.4 is 0 Å². The molecule has 402 valence electrons. The first kappa shape index (κ1) is 66.7. The lowest BCUT2D eigenvalue weighted by Gasteiger charge is -2.21. The molecule has 0 aliphatic carbocycles. The van der Waals surface area contributed by atoms with Gasteiger partial charge in [-0.3, -0.25) is 23.4 Å². The van der Waals surface area contributed by atoms with Crippen LogP contribution in [0.1, 0.15) is 226 Å². The lowest BCUT2D eigenvalue weighted by molar-refractivity contribution is -0.161. The molecule has 0 saturated carbocycles. The molecule has 0 aliphatic rings. The van der Waals surface area contributed by atoms with E-state index in [-0.39, 0.29) is 25.9 Å². The minimum atomic E-state index is -4.76. The fourth-order valence-corrected chi connectivity index (χ4v) is 7.85. The molecule has 12 heteroatoms. The number of phosphoric ester groups is 1. The first-order chi connectivity index (χ1) is 34.2. The number of carbonyl (C=O) groups excluding carboxylic acids is 3. The highest BCUT2D eigenvalue weighted by atomic mass is 31.2. The molecule has 0 radical (unpaired) electrons. The van der Waals surface area contributed by atoms with Crippen LogP contribution in [-0.2, 0) is 42.2 Å². The van der Waals surface area contributed by atoms with E-state index >= 15 is 0 Å². The standard InChI is InChI=1S/C58H99O11P/c1-4-7-10-13-16-19-22-24-26-27-29-30-33-35-38-41-44-47-56(60)65-51-55(69-58(62)49-46-43-40-37-34-31-28-25-23-20-17-14-11-8-5-2)53-67-70(63,64)66-52-54(50-59)68-57(61)48-45-42-39-36-32-21-18-15-12-9-6-3/h8,11,15-20,24-26,28,34,37,54-55,59H,4-7,9-10,12-14,21-23,27,29-33,35-36,38-53H2,1-3H3,(H,63,64)/b11-8-,18-15-,19-16-,20-17-,26-24-,28-25-,37-34-. The van der Waals surface area contributed by atoms with Gasteiger partial charge in [0, 0.05) is 19.3 Å². The van der Waals surface area contributed by atoms with Crippen molar-refractivity contribution in [2.24, 2.45) is 0 Å². The van der Waals surface area contributed by atoms with Crippen LogP contribution in [-0.4, -0.2) is 66.5 Å². The largest absolute Gasteiger partial charge is 0.472 e. The maximum atomic E-state index is 12.9. The van der Waals surface area contributed by atoms with Crippen molar-refractivity contribution in [3.63, 3.8) is 0 Å². The number of esters is 3. The summed E-state index contributed by atoms with van der Waals surface area (Å²) >= 11 is 0. The van der Waals surface area contributed by atoms with E-state index < -0.39 is 57.8 Å². The van der Waals surface area contributed by atoms with Crippen LogP contribution in [0.5, 0.6) is 0 Å². The molecule has 0 rings (SSSR count). The molecule has 0 saturated heterocycles. The molecule has 0 amide bonds. The Morgan fingerprint density at radius 2 is 0.757 bits per heavy atom. The van der Waals surface area contributed by atoms with Gasteiger partial charge in [0.1, 0.15) is 12.7 Å². The number of rotatable bonds is 50. The van der Waals surface area contributed by atoms with Crippen molar-refractivity contribution in [3.05, 3.63) is 85.1 Å². The van der Waals surface area contributed by atoms with Crippen LogP contribution in [0, 0.1) is 0 Å². The van der Waals surface area contributed by atoms with Crippen molar-refractivity contribution in [2.75, 3.05) is 26.4 Å². The zero-order valence-electron chi connectivity index (χ0n) is 44.2. The molecule has 0 heterocycles. The number of allylic oxidation sites excluding steroid dienone is 14. The number of aliphatic hydroxyl groups excluding tert-OH is 1. The number of hydrogen-bond donors (Lipinski definition) is 2. The van der Waals surface area contributed by atoms with Crippen LogP contribution in [0.25, 0.3) is 0 Å². The van der Waals surface area contributed by atoms with Gasteiger partial charge in [-0.05, 0) is 109 Å². The zero-order chi connectivity index (χ0) is 51.3. The summed E-state index contributed by atoms with van der Waals surface area (Å²) in [7, 11) is -4.76. The van der Waals surface area contributed by atoms with Crippen LogP contribution in [0.15, 0.2) is 85.1 Å². The van der Waals surface area contributed by atoms with Gasteiger partial charge in [-0.2, -0.15) is 0 Å². The average molecular weight is 1000 g/mol. The average Bonchev–Trinajstić information content (AvgIpc) is 3.35. The third-order valence-electron chi connectivity index (χ3n) is 11.3. The van der Waals surface area contributed by atoms with Crippen LogP contribution in [0.3, 0.4) is 0 Å². The lowest BCUT2D eigenvalue weighted by atomic mass is 10.1. The molecule has 11 nitrogen and oxygen atoms in total. The van der Waals surface area contributed by atoms with Gasteiger partial charge >= 0.3 is 25.7 Å². The Hall–Kier alpha value is -3.34. The molecule has 0 spiro atoms. The highest BCUT2D eigenvalue weighted by Crippen LogP contribution is 2.43. The normalized spacial score (nSPS) is 14.1. The predicted octanol–water partition coefficient (Wildman–Crippen LogP) is 15.9. The minimum absolute atomic E-state index is 0.110. The van der Waals surface area contributed by atoms with E-state index in [0.717, 1.165) is 116 Å². The topological polar surface area (TPSA) is 155 Å². The Bertz CT molecular complexity index is 1500. The van der Waals surface area contributed by atoms with Crippen molar-refractivity contribution in [3.8, 4) is 0 Å². The smallest absolute Gasteiger partial charge is 0.462 e. The molecule has 70 heavy (non-hydrogen) atoms. The third-order valence-corrected chi connectivity index (χ3v) is 12.2. The fraction of sp³-hybridized carbons (Fsp3) is 0.707. The van der Waals surface area contributed by atoms with E-state index in [0.29, 0.717) is 19.3 Å². The van der Waals surface area contributed by atoms with Crippen molar-refractivity contribution in [2.45, 2.75) is 238 Å². The van der Waals surface area contributed by atoms with E-state index in [9.17, 15) is 28.9 Å². The van der Waals surface area contributed by atoms with E-state index in [1.54, 1.807) is 0 Å². The first-order valence-corrected chi connectivity index (χ1v) is 29.0. The van der Waals surface area contributed by atoms with Crippen LogP contribution in [0.2, 0.25) is 0 Å². The minimum Gasteiger partial charge on any atom is -0.462 e. The van der Waals surface area contributed by atoms with Crippen molar-refractivity contribution in [1.29, 1.82) is 0 Å². The molecule has 0 aromatic rings. The van der Waals surface area contributed by atoms with Crippen molar-refractivity contribution < 1.29 is 52.2 Å². The highest BCUT2D eigenvalue weighted by Gasteiger charge is 2.28. The van der Waals surface area contributed by atoms with Crippen molar-refractivity contribution >= 4 is 25.7 Å². The Morgan fingerprint density at radius 1 is 0.414 bits per heavy atom. The zero-order valence-corrected chi connectivity index (χ0v) is 45.1. The van der Waals surface area contributed by atoms with Gasteiger partial charge in [0.2, 0.25) is 0 Å². The van der Waals surface area contributed by atoms with Gasteiger partial charge in [0.15, 0.2) is 6.10 Å². The van der Waals surface area contributed by atoms with Crippen molar-refractivity contribution in [1.82, 2.24) is 0 Å². The maximum Gasteiger partial charge on any atom is 0.472 e. The van der Waals surface area contributed by atoms with Crippen LogP contribution in [0.4, 0.5) is 0 Å². The molecule has 2 N–H and O–H groups in total. The van der Waals surface area contributed by atoms with Gasteiger partial charge in [-0.1, -0.05) is 183 Å². The quantitative estimate of drug-likeness (QED) is 0.0197. The second kappa shape index (κ2) is 52.0. The van der Waals surface area contributed by atoms with E-state index in [1.165, 1.54) is 51.4 Å². The molecular formula is C58H99O11P. The summed E-state index contributed by atoms with van der Waals surface area (Å²) in [5.41, 5.74) is 0. The van der Waals surface area contributed by atoms with E-state index in [2.05, 4.69) is 106 Å². The molecule has 0 bridgehead atoms. The Balaban J connectivity index is 4.82.